The second-order valence-electron chi connectivity index (χ2n) is 5.86. The van der Waals surface area contributed by atoms with Gasteiger partial charge in [-0.2, -0.15) is 0 Å². The van der Waals surface area contributed by atoms with Crippen molar-refractivity contribution in [3.8, 4) is 10.6 Å². The van der Waals surface area contributed by atoms with Crippen molar-refractivity contribution in [2.24, 2.45) is 0 Å². The Morgan fingerprint density at radius 3 is 2.83 bits per heavy atom. The molecule has 0 bridgehead atoms. The minimum absolute atomic E-state index is 0.0528. The third-order valence-electron chi connectivity index (χ3n) is 4.14. The quantitative estimate of drug-likeness (QED) is 0.812. The fourth-order valence-corrected chi connectivity index (χ4v) is 5.62. The number of likely N-dealkylation sites (N-methyl/N-ethyl adjacent to an activating group) is 1. The number of benzene rings is 1. The summed E-state index contributed by atoms with van der Waals surface area (Å²) in [4.78, 5) is 18.4. The topological polar surface area (TPSA) is 67.3 Å². The number of amides is 1. The van der Waals surface area contributed by atoms with Crippen molar-refractivity contribution in [3.63, 3.8) is 0 Å². The van der Waals surface area contributed by atoms with Gasteiger partial charge in [-0.05, 0) is 12.5 Å². The van der Waals surface area contributed by atoms with Gasteiger partial charge in [0.05, 0.1) is 28.6 Å². The molecule has 0 radical (unpaired) electrons. The molecule has 8 heteroatoms. The highest BCUT2D eigenvalue weighted by molar-refractivity contribution is 7.91. The molecular weight excluding hydrogens is 368 g/mol. The first-order valence-electron chi connectivity index (χ1n) is 7.51. The minimum Gasteiger partial charge on any atom is -0.341 e. The van der Waals surface area contributed by atoms with E-state index in [0.717, 1.165) is 10.6 Å². The predicted octanol–water partition coefficient (Wildman–Crippen LogP) is 2.65. The summed E-state index contributed by atoms with van der Waals surface area (Å²) in [5.41, 5.74) is 1.52. The monoisotopic (exact) mass is 384 g/mol. The van der Waals surface area contributed by atoms with Gasteiger partial charge < -0.3 is 4.90 Å². The highest BCUT2D eigenvalue weighted by Gasteiger charge is 2.32. The lowest BCUT2D eigenvalue weighted by Gasteiger charge is -2.23. The molecule has 128 valence electrons. The van der Waals surface area contributed by atoms with Crippen LogP contribution in [0.2, 0.25) is 5.02 Å². The van der Waals surface area contributed by atoms with Crippen molar-refractivity contribution in [3.05, 3.63) is 40.4 Å². The highest BCUT2D eigenvalue weighted by atomic mass is 35.5. The molecule has 24 heavy (non-hydrogen) atoms. The van der Waals surface area contributed by atoms with E-state index in [4.69, 9.17) is 11.6 Å². The Kier molecular flexibility index (Phi) is 4.94. The molecule has 1 aromatic carbocycles. The van der Waals surface area contributed by atoms with Gasteiger partial charge in [-0.3, -0.25) is 4.79 Å². The van der Waals surface area contributed by atoms with Crippen molar-refractivity contribution < 1.29 is 13.2 Å². The van der Waals surface area contributed by atoms with Gasteiger partial charge in [-0.1, -0.05) is 29.8 Å². The first-order chi connectivity index (χ1) is 11.4. The van der Waals surface area contributed by atoms with Crippen LogP contribution in [0.15, 0.2) is 29.6 Å². The molecule has 1 aliphatic rings. The molecule has 0 N–H and O–H groups in total. The Morgan fingerprint density at radius 2 is 2.17 bits per heavy atom. The van der Waals surface area contributed by atoms with Gasteiger partial charge in [0.1, 0.15) is 5.01 Å². The Hall–Kier alpha value is -1.44. The summed E-state index contributed by atoms with van der Waals surface area (Å²) in [6.45, 7) is 0. The molecule has 3 rings (SSSR count). The zero-order valence-corrected chi connectivity index (χ0v) is 15.5. The molecule has 0 aliphatic carbocycles. The van der Waals surface area contributed by atoms with Crippen LogP contribution in [0.25, 0.3) is 10.6 Å². The molecule has 2 aromatic rings. The van der Waals surface area contributed by atoms with E-state index >= 15 is 0 Å². The molecule has 0 saturated carbocycles. The maximum Gasteiger partial charge on any atom is 0.228 e. The van der Waals surface area contributed by atoms with E-state index in [-0.39, 0.29) is 29.9 Å². The van der Waals surface area contributed by atoms with E-state index in [1.54, 1.807) is 18.0 Å². The third-order valence-corrected chi connectivity index (χ3v) is 7.14. The van der Waals surface area contributed by atoms with Crippen LogP contribution in [-0.4, -0.2) is 48.8 Å². The molecule has 1 saturated heterocycles. The largest absolute Gasteiger partial charge is 0.341 e. The molecule has 1 aromatic heterocycles. The summed E-state index contributed by atoms with van der Waals surface area (Å²) < 4.78 is 23.1. The van der Waals surface area contributed by atoms with Crippen LogP contribution >= 0.6 is 22.9 Å². The van der Waals surface area contributed by atoms with Crippen LogP contribution in [0.4, 0.5) is 0 Å². The van der Waals surface area contributed by atoms with Crippen LogP contribution in [0.5, 0.6) is 0 Å². The van der Waals surface area contributed by atoms with E-state index in [2.05, 4.69) is 4.98 Å². The fourth-order valence-electron chi connectivity index (χ4n) is 2.71. The minimum atomic E-state index is -3.01. The summed E-state index contributed by atoms with van der Waals surface area (Å²) in [6, 6.07) is 7.21. The van der Waals surface area contributed by atoms with E-state index in [1.807, 2.05) is 23.6 Å². The average Bonchev–Trinajstić information content (AvgIpc) is 3.13. The van der Waals surface area contributed by atoms with Gasteiger partial charge in [0.25, 0.3) is 0 Å². The number of carbonyl (C=O) groups is 1. The Bertz CT molecular complexity index is 864. The Morgan fingerprint density at radius 1 is 1.42 bits per heavy atom. The standard InChI is InChI=1S/C16H17ClN2O3S2/c1-19(12-6-7-24(21,22)10-12)15(20)8-11-9-23-16(18-11)13-4-2-3-5-14(13)17/h2-5,9,12H,6-8,10H2,1H3. The van der Waals surface area contributed by atoms with Crippen molar-refractivity contribution in [1.29, 1.82) is 0 Å². The molecular formula is C16H17ClN2O3S2. The summed E-state index contributed by atoms with van der Waals surface area (Å²) in [7, 11) is -1.34. The molecule has 1 unspecified atom stereocenters. The van der Waals surface area contributed by atoms with Gasteiger partial charge in [0.2, 0.25) is 5.91 Å². The van der Waals surface area contributed by atoms with E-state index < -0.39 is 9.84 Å². The molecule has 1 aliphatic heterocycles. The maximum atomic E-state index is 12.4. The lowest BCUT2D eigenvalue weighted by atomic mass is 10.2. The van der Waals surface area contributed by atoms with E-state index in [9.17, 15) is 13.2 Å². The van der Waals surface area contributed by atoms with Crippen molar-refractivity contribution in [2.75, 3.05) is 18.6 Å². The van der Waals surface area contributed by atoms with Gasteiger partial charge in [0.15, 0.2) is 9.84 Å². The van der Waals surface area contributed by atoms with Gasteiger partial charge >= 0.3 is 0 Å². The number of hydrogen-bond donors (Lipinski definition) is 0. The second kappa shape index (κ2) is 6.82. The summed E-state index contributed by atoms with van der Waals surface area (Å²) in [5.74, 6) is 0.0907. The number of thiazole rings is 1. The van der Waals surface area contributed by atoms with Crippen LogP contribution in [0, 0.1) is 0 Å². The first-order valence-corrected chi connectivity index (χ1v) is 10.6. The number of halogens is 1. The highest BCUT2D eigenvalue weighted by Crippen LogP contribution is 2.30. The number of rotatable bonds is 4. The predicted molar refractivity (Wildman–Crippen MR) is 96.1 cm³/mol. The number of sulfone groups is 1. The summed E-state index contributed by atoms with van der Waals surface area (Å²) in [6.07, 6.45) is 0.667. The van der Waals surface area contributed by atoms with Gasteiger partial charge in [-0.25, -0.2) is 13.4 Å². The Labute approximate surface area is 150 Å². The number of aromatic nitrogens is 1. The fraction of sp³-hybridized carbons (Fsp3) is 0.375. The molecule has 1 fully saturated rings. The zero-order chi connectivity index (χ0) is 17.3. The smallest absolute Gasteiger partial charge is 0.228 e. The SMILES string of the molecule is CN(C(=O)Cc1csc(-c2ccccc2Cl)n1)C1CCS(=O)(=O)C1. The molecule has 0 spiro atoms. The number of carbonyl (C=O) groups excluding carboxylic acids is 1. The third kappa shape index (κ3) is 3.79. The van der Waals surface area contributed by atoms with Gasteiger partial charge in [0, 0.05) is 24.0 Å². The van der Waals surface area contributed by atoms with Crippen molar-refractivity contribution in [2.45, 2.75) is 18.9 Å². The molecule has 1 amide bonds. The molecule has 5 nitrogen and oxygen atoms in total. The lowest BCUT2D eigenvalue weighted by molar-refractivity contribution is -0.130. The molecule has 1 atom stereocenters. The maximum absolute atomic E-state index is 12.4. The number of hydrogen-bond acceptors (Lipinski definition) is 5. The summed E-state index contributed by atoms with van der Waals surface area (Å²) >= 11 is 7.61. The van der Waals surface area contributed by atoms with E-state index in [1.165, 1.54) is 11.3 Å². The Balaban J connectivity index is 1.69. The van der Waals surface area contributed by atoms with Crippen LogP contribution in [-0.2, 0) is 21.1 Å². The molecule has 2 heterocycles. The van der Waals surface area contributed by atoms with Crippen LogP contribution in [0.1, 0.15) is 12.1 Å². The second-order valence-corrected chi connectivity index (χ2v) is 9.36. The van der Waals surface area contributed by atoms with Crippen molar-refractivity contribution >= 4 is 38.7 Å². The average molecular weight is 385 g/mol. The normalized spacial score (nSPS) is 19.3. The first kappa shape index (κ1) is 17.4. The van der Waals surface area contributed by atoms with Gasteiger partial charge in [-0.15, -0.1) is 11.3 Å². The van der Waals surface area contributed by atoms with Crippen molar-refractivity contribution in [1.82, 2.24) is 9.88 Å². The van der Waals surface area contributed by atoms with E-state index in [0.29, 0.717) is 17.1 Å². The summed E-state index contributed by atoms with van der Waals surface area (Å²) in [5, 5.41) is 3.24. The number of nitrogens with zero attached hydrogens (tertiary/aromatic N) is 2. The zero-order valence-electron chi connectivity index (χ0n) is 13.1. The van der Waals surface area contributed by atoms with Crippen LogP contribution < -0.4 is 0 Å². The lowest BCUT2D eigenvalue weighted by Crippen LogP contribution is -2.38. The van der Waals surface area contributed by atoms with Crippen LogP contribution in [0.3, 0.4) is 0 Å².